The molecule has 2 aromatic rings. The molecule has 0 aliphatic carbocycles. The first kappa shape index (κ1) is 18.2. The lowest BCUT2D eigenvalue weighted by Crippen LogP contribution is -2.48. The monoisotopic (exact) mass is 357 g/mol. The summed E-state index contributed by atoms with van der Waals surface area (Å²) in [6.07, 6.45) is 3.73. The first-order valence-electron chi connectivity index (χ1n) is 8.81. The Morgan fingerprint density at radius 3 is 2.92 bits per heavy atom. The quantitative estimate of drug-likeness (QED) is 0.656. The summed E-state index contributed by atoms with van der Waals surface area (Å²) < 4.78 is 19.6. The van der Waals surface area contributed by atoms with Crippen LogP contribution in [0.2, 0.25) is 0 Å². The molecule has 1 atom stereocenters. The van der Waals surface area contributed by atoms with Gasteiger partial charge in [-0.1, -0.05) is 6.92 Å². The molecule has 1 aliphatic heterocycles. The molecule has 1 aliphatic rings. The van der Waals surface area contributed by atoms with Crippen molar-refractivity contribution in [1.82, 2.24) is 5.43 Å². The SMILES string of the molecule is CCN1c2cc(F)c(/C=N/NC(=O)c3ccco3)cc2C(C)CC1(C)C. The predicted octanol–water partition coefficient (Wildman–Crippen LogP) is 4.29. The van der Waals surface area contributed by atoms with E-state index in [0.29, 0.717) is 11.5 Å². The summed E-state index contributed by atoms with van der Waals surface area (Å²) in [6, 6.07) is 6.55. The normalized spacial score (nSPS) is 18.8. The van der Waals surface area contributed by atoms with Crippen LogP contribution >= 0.6 is 0 Å². The standard InChI is InChI=1S/C20H24FN3O2/c1-5-24-17-10-16(21)14(9-15(17)13(2)11-20(24,3)4)12-22-23-19(25)18-7-6-8-26-18/h6-10,12-13H,5,11H2,1-4H3,(H,23,25)/b22-12+. The van der Waals surface area contributed by atoms with Crippen molar-refractivity contribution >= 4 is 17.8 Å². The van der Waals surface area contributed by atoms with Crippen LogP contribution in [0.15, 0.2) is 40.0 Å². The second-order valence-electron chi connectivity index (χ2n) is 7.27. The topological polar surface area (TPSA) is 57.8 Å². The van der Waals surface area contributed by atoms with Gasteiger partial charge in [-0.2, -0.15) is 5.10 Å². The van der Waals surface area contributed by atoms with E-state index in [9.17, 15) is 9.18 Å². The number of halogens is 1. The van der Waals surface area contributed by atoms with Gasteiger partial charge in [0, 0.05) is 23.3 Å². The molecule has 0 fully saturated rings. The number of carbonyl (C=O) groups is 1. The van der Waals surface area contributed by atoms with Gasteiger partial charge < -0.3 is 9.32 Å². The molecular formula is C20H24FN3O2. The van der Waals surface area contributed by atoms with E-state index in [-0.39, 0.29) is 17.1 Å². The molecule has 1 N–H and O–H groups in total. The van der Waals surface area contributed by atoms with Gasteiger partial charge in [0.05, 0.1) is 12.5 Å². The van der Waals surface area contributed by atoms with Gasteiger partial charge in [-0.15, -0.1) is 0 Å². The number of amides is 1. The van der Waals surface area contributed by atoms with Gasteiger partial charge in [-0.3, -0.25) is 4.79 Å². The van der Waals surface area contributed by atoms with Gasteiger partial charge in [-0.05, 0) is 62.9 Å². The van der Waals surface area contributed by atoms with Crippen molar-refractivity contribution < 1.29 is 13.6 Å². The highest BCUT2D eigenvalue weighted by Crippen LogP contribution is 2.43. The maximum atomic E-state index is 14.6. The number of anilines is 1. The molecule has 5 nitrogen and oxygen atoms in total. The van der Waals surface area contributed by atoms with Crippen LogP contribution in [0.5, 0.6) is 0 Å². The fourth-order valence-electron chi connectivity index (χ4n) is 3.84. The Morgan fingerprint density at radius 1 is 1.50 bits per heavy atom. The summed E-state index contributed by atoms with van der Waals surface area (Å²) in [5.74, 6) is -0.365. The minimum atomic E-state index is -0.475. The first-order valence-corrected chi connectivity index (χ1v) is 8.81. The summed E-state index contributed by atoms with van der Waals surface area (Å²) in [7, 11) is 0. The molecule has 0 radical (unpaired) electrons. The van der Waals surface area contributed by atoms with Crippen LogP contribution in [-0.2, 0) is 0 Å². The molecule has 0 bridgehead atoms. The molecular weight excluding hydrogens is 333 g/mol. The van der Waals surface area contributed by atoms with E-state index in [2.05, 4.69) is 43.1 Å². The van der Waals surface area contributed by atoms with E-state index in [1.54, 1.807) is 12.1 Å². The highest BCUT2D eigenvalue weighted by atomic mass is 19.1. The summed E-state index contributed by atoms with van der Waals surface area (Å²) in [5.41, 5.74) is 4.72. The Kier molecular flexibility index (Phi) is 4.85. The molecule has 2 heterocycles. The Hall–Kier alpha value is -2.63. The van der Waals surface area contributed by atoms with Gasteiger partial charge in [0.1, 0.15) is 5.82 Å². The zero-order chi connectivity index (χ0) is 18.9. The first-order chi connectivity index (χ1) is 12.3. The Balaban J connectivity index is 1.85. The largest absolute Gasteiger partial charge is 0.459 e. The molecule has 0 spiro atoms. The van der Waals surface area contributed by atoms with Gasteiger partial charge in [0.15, 0.2) is 5.76 Å². The van der Waals surface area contributed by atoms with Gasteiger partial charge in [0.25, 0.3) is 0 Å². The number of furan rings is 1. The molecule has 138 valence electrons. The lowest BCUT2D eigenvalue weighted by molar-refractivity contribution is 0.0927. The molecule has 0 saturated heterocycles. The van der Waals surface area contributed by atoms with Crippen LogP contribution in [0.4, 0.5) is 10.1 Å². The van der Waals surface area contributed by atoms with E-state index in [4.69, 9.17) is 4.42 Å². The van der Waals surface area contributed by atoms with Crippen molar-refractivity contribution in [3.63, 3.8) is 0 Å². The van der Waals surface area contributed by atoms with E-state index >= 15 is 0 Å². The number of hydrazone groups is 1. The minimum Gasteiger partial charge on any atom is -0.459 e. The third-order valence-corrected chi connectivity index (χ3v) is 4.94. The summed E-state index contributed by atoms with van der Waals surface area (Å²) in [4.78, 5) is 14.0. The van der Waals surface area contributed by atoms with Gasteiger partial charge in [-0.25, -0.2) is 9.82 Å². The summed E-state index contributed by atoms with van der Waals surface area (Å²) in [5, 5.41) is 3.86. The number of benzene rings is 1. The maximum absolute atomic E-state index is 14.6. The third kappa shape index (κ3) is 3.36. The number of nitrogens with one attached hydrogen (secondary N) is 1. The van der Waals surface area contributed by atoms with E-state index in [0.717, 1.165) is 24.2 Å². The molecule has 26 heavy (non-hydrogen) atoms. The van der Waals surface area contributed by atoms with Crippen molar-refractivity contribution in [3.05, 3.63) is 53.2 Å². The molecule has 1 amide bonds. The van der Waals surface area contributed by atoms with Crippen LogP contribution in [-0.4, -0.2) is 24.2 Å². The zero-order valence-corrected chi connectivity index (χ0v) is 15.5. The number of hydrogen-bond donors (Lipinski definition) is 1. The second kappa shape index (κ2) is 6.94. The highest BCUT2D eigenvalue weighted by molar-refractivity contribution is 5.92. The minimum absolute atomic E-state index is 0.0137. The molecule has 1 aromatic carbocycles. The fraction of sp³-hybridized carbons (Fsp3) is 0.400. The van der Waals surface area contributed by atoms with Crippen molar-refractivity contribution in [2.75, 3.05) is 11.4 Å². The fourth-order valence-corrected chi connectivity index (χ4v) is 3.84. The van der Waals surface area contributed by atoms with Gasteiger partial charge in [0.2, 0.25) is 0 Å². The number of fused-ring (bicyclic) bond motifs is 1. The number of hydrogen-bond acceptors (Lipinski definition) is 4. The van der Waals surface area contributed by atoms with Crippen LogP contribution in [0, 0.1) is 5.82 Å². The zero-order valence-electron chi connectivity index (χ0n) is 15.5. The van der Waals surface area contributed by atoms with E-state index < -0.39 is 5.91 Å². The van der Waals surface area contributed by atoms with Crippen molar-refractivity contribution in [1.29, 1.82) is 0 Å². The molecule has 0 saturated carbocycles. The van der Waals surface area contributed by atoms with Gasteiger partial charge >= 0.3 is 5.91 Å². The van der Waals surface area contributed by atoms with Crippen molar-refractivity contribution in [3.8, 4) is 0 Å². The van der Waals surface area contributed by atoms with E-state index in [1.807, 2.05) is 6.07 Å². The average Bonchev–Trinajstić information content (AvgIpc) is 3.10. The Morgan fingerprint density at radius 2 is 2.27 bits per heavy atom. The summed E-state index contributed by atoms with van der Waals surface area (Å²) in [6.45, 7) is 9.43. The highest BCUT2D eigenvalue weighted by Gasteiger charge is 2.36. The smallest absolute Gasteiger partial charge is 0.307 e. The Bertz CT molecular complexity index is 828. The summed E-state index contributed by atoms with van der Waals surface area (Å²) >= 11 is 0. The molecule has 3 rings (SSSR count). The Labute approximate surface area is 152 Å². The lowest BCUT2D eigenvalue weighted by atomic mass is 9.79. The molecule has 6 heteroatoms. The molecule has 1 aromatic heterocycles. The van der Waals surface area contributed by atoms with E-state index in [1.165, 1.54) is 18.5 Å². The third-order valence-electron chi connectivity index (χ3n) is 4.94. The van der Waals surface area contributed by atoms with Crippen LogP contribution in [0.3, 0.4) is 0 Å². The van der Waals surface area contributed by atoms with Crippen molar-refractivity contribution in [2.45, 2.75) is 45.6 Å². The number of rotatable bonds is 4. The second-order valence-corrected chi connectivity index (χ2v) is 7.27. The van der Waals surface area contributed by atoms with Crippen LogP contribution in [0.25, 0.3) is 0 Å². The van der Waals surface area contributed by atoms with Crippen molar-refractivity contribution in [2.24, 2.45) is 5.10 Å². The number of nitrogens with zero attached hydrogens (tertiary/aromatic N) is 2. The maximum Gasteiger partial charge on any atom is 0.307 e. The van der Waals surface area contributed by atoms with Crippen LogP contribution in [0.1, 0.15) is 61.7 Å². The van der Waals surface area contributed by atoms with Crippen LogP contribution < -0.4 is 10.3 Å². The predicted molar refractivity (Wildman–Crippen MR) is 100 cm³/mol. The molecule has 1 unspecified atom stereocenters. The lowest BCUT2D eigenvalue weighted by Gasteiger charge is -2.47. The number of carbonyl (C=O) groups excluding carboxylic acids is 1. The average molecular weight is 357 g/mol.